The Kier molecular flexibility index (Phi) is 6.51. The molecule has 0 aliphatic heterocycles. The van der Waals surface area contributed by atoms with Crippen molar-refractivity contribution in [1.29, 1.82) is 5.26 Å². The van der Waals surface area contributed by atoms with E-state index in [1.54, 1.807) is 30.3 Å². The zero-order valence-corrected chi connectivity index (χ0v) is 22.3. The molecule has 0 saturated heterocycles. The summed E-state index contributed by atoms with van der Waals surface area (Å²) in [7, 11) is 0. The zero-order valence-electron chi connectivity index (χ0n) is 18.5. The summed E-state index contributed by atoms with van der Waals surface area (Å²) < 4.78 is -0.298. The van der Waals surface area contributed by atoms with Gasteiger partial charge in [0.15, 0.2) is 5.82 Å². The van der Waals surface area contributed by atoms with Gasteiger partial charge in [-0.05, 0) is 60.2 Å². The third-order valence-electron chi connectivity index (χ3n) is 6.08. The Morgan fingerprint density at radius 2 is 1.73 bits per heavy atom. The lowest BCUT2D eigenvalue weighted by atomic mass is 10.1. The normalized spacial score (nSPS) is 17.8. The number of amides is 1. The smallest absolute Gasteiger partial charge is 0.280 e. The third kappa shape index (κ3) is 4.61. The highest BCUT2D eigenvalue weighted by Gasteiger charge is 2.67. The van der Waals surface area contributed by atoms with Crippen molar-refractivity contribution in [3.8, 4) is 6.07 Å². The first-order chi connectivity index (χ1) is 17.5. The fourth-order valence-corrected chi connectivity index (χ4v) is 5.86. The number of aromatic nitrogens is 2. The highest BCUT2D eigenvalue weighted by molar-refractivity contribution is 6.53. The van der Waals surface area contributed by atoms with Crippen LogP contribution >= 0.6 is 58.0 Å². The van der Waals surface area contributed by atoms with E-state index in [1.165, 1.54) is 24.3 Å². The van der Waals surface area contributed by atoms with Gasteiger partial charge in [-0.1, -0.05) is 34.8 Å². The molecule has 2 atom stereocenters. The van der Waals surface area contributed by atoms with Crippen LogP contribution in [0, 0.1) is 17.2 Å². The van der Waals surface area contributed by atoms with Crippen LogP contribution in [0.1, 0.15) is 27.4 Å². The lowest BCUT2D eigenvalue weighted by Gasteiger charge is -2.10. The Morgan fingerprint density at radius 1 is 1.03 bits per heavy atom. The van der Waals surface area contributed by atoms with E-state index in [9.17, 15) is 14.9 Å². The van der Waals surface area contributed by atoms with E-state index in [2.05, 4.69) is 10.4 Å². The topological polar surface area (TPSA) is 114 Å². The molecule has 3 N–H and O–H groups in total. The quantitative estimate of drug-likeness (QED) is 0.257. The number of benzene rings is 3. The number of anilines is 2. The van der Waals surface area contributed by atoms with Gasteiger partial charge in [-0.2, -0.15) is 9.94 Å². The first-order valence-corrected chi connectivity index (χ1v) is 12.6. The maximum Gasteiger partial charge on any atom is 0.280 e. The summed E-state index contributed by atoms with van der Waals surface area (Å²) in [5.41, 5.74) is 7.63. The summed E-state index contributed by atoms with van der Waals surface area (Å²) in [4.78, 5) is 26.5. The van der Waals surface area contributed by atoms with Crippen molar-refractivity contribution >= 4 is 92.2 Å². The van der Waals surface area contributed by atoms with Crippen LogP contribution in [-0.4, -0.2) is 25.9 Å². The maximum absolute atomic E-state index is 13.4. The van der Waals surface area contributed by atoms with Gasteiger partial charge in [0.05, 0.1) is 33.7 Å². The molecule has 1 aliphatic rings. The van der Waals surface area contributed by atoms with Crippen molar-refractivity contribution in [2.75, 3.05) is 11.1 Å². The van der Waals surface area contributed by atoms with Crippen LogP contribution in [0.15, 0.2) is 54.6 Å². The summed E-state index contributed by atoms with van der Waals surface area (Å²) in [5.74, 6) is -2.26. The molecule has 1 aliphatic carbocycles. The monoisotopic (exact) mass is 591 g/mol. The lowest BCUT2D eigenvalue weighted by molar-refractivity contribution is -0.117. The first-order valence-electron chi connectivity index (χ1n) is 10.7. The van der Waals surface area contributed by atoms with Crippen molar-refractivity contribution in [2.45, 2.75) is 10.3 Å². The van der Waals surface area contributed by atoms with Crippen molar-refractivity contribution in [3.05, 3.63) is 86.4 Å². The molecule has 1 amide bonds. The van der Waals surface area contributed by atoms with E-state index in [0.29, 0.717) is 37.8 Å². The Bertz CT molecular complexity index is 1640. The van der Waals surface area contributed by atoms with E-state index in [1.807, 2.05) is 6.07 Å². The molecule has 2 unspecified atom stereocenters. The molecule has 12 heteroatoms. The average molecular weight is 594 g/mol. The number of hydrogen-bond acceptors (Lipinski definition) is 5. The molecule has 3 aromatic carbocycles. The second kappa shape index (κ2) is 9.39. The van der Waals surface area contributed by atoms with Crippen molar-refractivity contribution < 1.29 is 9.59 Å². The largest absolute Gasteiger partial charge is 0.382 e. The van der Waals surface area contributed by atoms with Gasteiger partial charge < -0.3 is 11.1 Å². The molecule has 4 aromatic rings. The van der Waals surface area contributed by atoms with Gasteiger partial charge in [0.2, 0.25) is 5.91 Å². The number of rotatable bonds is 4. The molecule has 1 fully saturated rings. The molecule has 37 heavy (non-hydrogen) atoms. The molecule has 1 saturated carbocycles. The van der Waals surface area contributed by atoms with E-state index in [0.717, 1.165) is 4.68 Å². The van der Waals surface area contributed by atoms with Gasteiger partial charge in [-0.15, -0.1) is 28.3 Å². The molecule has 0 spiro atoms. The first kappa shape index (κ1) is 25.7. The van der Waals surface area contributed by atoms with Crippen LogP contribution in [-0.2, 0) is 4.79 Å². The number of nitriles is 1. The average Bonchev–Trinajstić information content (AvgIpc) is 3.28. The van der Waals surface area contributed by atoms with Crippen molar-refractivity contribution in [3.63, 3.8) is 0 Å². The predicted octanol–water partition coefficient (Wildman–Crippen LogP) is 6.66. The standard InChI is InChI=1S/C25H14Cl5N5O2/c26-13-6-12(7-14(27)8-13)20-21(25(20,29)30)23(36)33-15-2-4-18(28)17(9-15)24(37)35-19-5-11(10-31)1-3-16(19)22(32)34-35/h1-9,20-21H,(H2,32,34)(H,33,36). The summed E-state index contributed by atoms with van der Waals surface area (Å²) in [5, 5.41) is 17.5. The van der Waals surface area contributed by atoms with Crippen LogP contribution in [0.4, 0.5) is 11.5 Å². The second-order valence-corrected chi connectivity index (χ2v) is 11.2. The number of carbonyl (C=O) groups is 2. The van der Waals surface area contributed by atoms with Crippen LogP contribution in [0.25, 0.3) is 10.9 Å². The molecule has 186 valence electrons. The highest BCUT2D eigenvalue weighted by atomic mass is 35.5. The van der Waals surface area contributed by atoms with Crippen LogP contribution in [0.3, 0.4) is 0 Å². The van der Waals surface area contributed by atoms with Gasteiger partial charge in [0.25, 0.3) is 5.91 Å². The minimum Gasteiger partial charge on any atom is -0.382 e. The highest BCUT2D eigenvalue weighted by Crippen LogP contribution is 2.65. The minimum atomic E-state index is -1.37. The van der Waals surface area contributed by atoms with Crippen LogP contribution in [0.5, 0.6) is 0 Å². The molecular weight excluding hydrogens is 580 g/mol. The number of alkyl halides is 2. The zero-order chi connectivity index (χ0) is 26.6. The van der Waals surface area contributed by atoms with Gasteiger partial charge >= 0.3 is 0 Å². The van der Waals surface area contributed by atoms with Gasteiger partial charge in [0, 0.05) is 27.0 Å². The Hall–Kier alpha value is -2.99. The number of nitrogens with two attached hydrogens (primary N) is 1. The van der Waals surface area contributed by atoms with Crippen LogP contribution in [0.2, 0.25) is 15.1 Å². The number of halogens is 5. The molecule has 5 rings (SSSR count). The van der Waals surface area contributed by atoms with E-state index in [4.69, 9.17) is 63.7 Å². The third-order valence-corrected chi connectivity index (χ3v) is 7.78. The fraction of sp³-hybridized carbons (Fsp3) is 0.120. The summed E-state index contributed by atoms with van der Waals surface area (Å²) in [6.45, 7) is 0. The van der Waals surface area contributed by atoms with Gasteiger partial charge in [-0.3, -0.25) is 9.59 Å². The van der Waals surface area contributed by atoms with E-state index < -0.39 is 28.0 Å². The van der Waals surface area contributed by atoms with E-state index >= 15 is 0 Å². The predicted molar refractivity (Wildman–Crippen MR) is 146 cm³/mol. The molecule has 1 aromatic heterocycles. The van der Waals surface area contributed by atoms with Crippen LogP contribution < -0.4 is 11.1 Å². The molecule has 1 heterocycles. The minimum absolute atomic E-state index is 0.0585. The summed E-state index contributed by atoms with van der Waals surface area (Å²) in [6, 6.07) is 16.0. The second-order valence-electron chi connectivity index (χ2n) is 8.46. The van der Waals surface area contributed by atoms with Crippen molar-refractivity contribution in [2.24, 2.45) is 5.92 Å². The fourth-order valence-electron chi connectivity index (χ4n) is 4.29. The van der Waals surface area contributed by atoms with Gasteiger partial charge in [0.1, 0.15) is 4.33 Å². The lowest BCUT2D eigenvalue weighted by Crippen LogP contribution is -2.18. The number of nitrogens with zero attached hydrogens (tertiary/aromatic N) is 3. The number of nitrogens with one attached hydrogen (secondary N) is 1. The number of fused-ring (bicyclic) bond motifs is 1. The number of hydrogen-bond donors (Lipinski definition) is 2. The Balaban J connectivity index is 1.43. The SMILES string of the molecule is N#Cc1ccc2c(N)nn(C(=O)c3cc(NC(=O)C4C(c5cc(Cl)cc(Cl)c5)C4(Cl)Cl)ccc3Cl)c2c1. The summed E-state index contributed by atoms with van der Waals surface area (Å²) >= 11 is 31.4. The molecule has 0 bridgehead atoms. The van der Waals surface area contributed by atoms with E-state index in [-0.39, 0.29) is 16.4 Å². The maximum atomic E-state index is 13.4. The number of nitrogen functional groups attached to an aromatic ring is 1. The Morgan fingerprint density at radius 3 is 2.41 bits per heavy atom. The Labute approximate surface area is 235 Å². The molecule has 7 nitrogen and oxygen atoms in total. The number of carbonyl (C=O) groups excluding carboxylic acids is 2. The molecule has 0 radical (unpaired) electrons. The van der Waals surface area contributed by atoms with Gasteiger partial charge in [-0.25, -0.2) is 0 Å². The van der Waals surface area contributed by atoms with Crippen molar-refractivity contribution in [1.82, 2.24) is 9.78 Å². The summed E-state index contributed by atoms with van der Waals surface area (Å²) in [6.07, 6.45) is 0. The molecular formula is C25H14Cl5N5O2.